The van der Waals surface area contributed by atoms with Gasteiger partial charge in [-0.2, -0.15) is 0 Å². The standard InChI is InChI=1S/C20H26FNO2/c1-18-7-14-8-19(2,11-18)13-20(9-14,12-18)22-17(23)10-24-16-6-4-3-5-15(16)21/h3-6,14H,7-13H2,1-2H3,(H,22,23)/t14?,18-,19-,20?/m0/s1. The molecule has 1 N–H and O–H groups in total. The van der Waals surface area contributed by atoms with Crippen molar-refractivity contribution in [3.8, 4) is 5.75 Å². The summed E-state index contributed by atoms with van der Waals surface area (Å²) in [6, 6.07) is 6.21. The van der Waals surface area contributed by atoms with Crippen molar-refractivity contribution in [3.63, 3.8) is 0 Å². The van der Waals surface area contributed by atoms with E-state index in [-0.39, 0.29) is 23.8 Å². The van der Waals surface area contributed by atoms with Gasteiger partial charge >= 0.3 is 0 Å². The predicted molar refractivity (Wildman–Crippen MR) is 90.2 cm³/mol. The maximum Gasteiger partial charge on any atom is 0.258 e. The lowest BCUT2D eigenvalue weighted by molar-refractivity contribution is -0.141. The van der Waals surface area contributed by atoms with Gasteiger partial charge in [0, 0.05) is 5.54 Å². The second kappa shape index (κ2) is 5.21. The fourth-order valence-electron chi connectivity index (χ4n) is 6.62. The molecule has 1 amide bonds. The number of carbonyl (C=O) groups excluding carboxylic acids is 1. The number of carbonyl (C=O) groups is 1. The SMILES string of the molecule is C[C@@]12CC3CC(NC(=O)COc4ccccc4F)(C1)C[C@@](C)(C3)C2. The number of benzene rings is 1. The summed E-state index contributed by atoms with van der Waals surface area (Å²) in [4.78, 5) is 12.5. The highest BCUT2D eigenvalue weighted by Crippen LogP contribution is 2.66. The summed E-state index contributed by atoms with van der Waals surface area (Å²) < 4.78 is 19.0. The van der Waals surface area contributed by atoms with E-state index in [0.29, 0.717) is 10.8 Å². The van der Waals surface area contributed by atoms with Gasteiger partial charge in [-0.25, -0.2) is 4.39 Å². The third kappa shape index (κ3) is 2.80. The maximum absolute atomic E-state index is 13.6. The molecule has 4 heteroatoms. The van der Waals surface area contributed by atoms with Crippen molar-refractivity contribution < 1.29 is 13.9 Å². The molecule has 0 aromatic heterocycles. The van der Waals surface area contributed by atoms with E-state index < -0.39 is 5.82 Å². The Balaban J connectivity index is 1.43. The van der Waals surface area contributed by atoms with E-state index in [0.717, 1.165) is 25.2 Å². The van der Waals surface area contributed by atoms with Gasteiger partial charge in [-0.1, -0.05) is 26.0 Å². The van der Waals surface area contributed by atoms with Crippen LogP contribution in [-0.2, 0) is 4.79 Å². The third-order valence-corrected chi connectivity index (χ3v) is 6.23. The third-order valence-electron chi connectivity index (χ3n) is 6.23. The summed E-state index contributed by atoms with van der Waals surface area (Å²) in [6.07, 6.45) is 7.09. The Kier molecular flexibility index (Phi) is 3.45. The highest BCUT2D eigenvalue weighted by atomic mass is 19.1. The van der Waals surface area contributed by atoms with Gasteiger partial charge in [0.15, 0.2) is 18.2 Å². The number of nitrogens with one attached hydrogen (secondary N) is 1. The average Bonchev–Trinajstić information content (AvgIpc) is 2.42. The van der Waals surface area contributed by atoms with Crippen molar-refractivity contribution in [2.24, 2.45) is 16.7 Å². The number of para-hydroxylation sites is 1. The van der Waals surface area contributed by atoms with Crippen LogP contribution in [0.15, 0.2) is 24.3 Å². The number of hydrogen-bond acceptors (Lipinski definition) is 2. The molecule has 24 heavy (non-hydrogen) atoms. The monoisotopic (exact) mass is 331 g/mol. The second-order valence-electron chi connectivity index (χ2n) is 9.18. The number of ether oxygens (including phenoxy) is 1. The van der Waals surface area contributed by atoms with Crippen LogP contribution in [0.25, 0.3) is 0 Å². The van der Waals surface area contributed by atoms with E-state index in [9.17, 15) is 9.18 Å². The Morgan fingerprint density at radius 1 is 1.17 bits per heavy atom. The molecule has 1 aromatic carbocycles. The van der Waals surface area contributed by atoms with Crippen molar-refractivity contribution in [2.75, 3.05) is 6.61 Å². The van der Waals surface area contributed by atoms with Crippen LogP contribution >= 0.6 is 0 Å². The zero-order chi connectivity index (χ0) is 17.0. The minimum Gasteiger partial charge on any atom is -0.481 e. The van der Waals surface area contributed by atoms with E-state index in [2.05, 4.69) is 19.2 Å². The zero-order valence-corrected chi connectivity index (χ0v) is 14.5. The molecule has 130 valence electrons. The van der Waals surface area contributed by atoms with Crippen molar-refractivity contribution in [1.82, 2.24) is 5.32 Å². The minimum atomic E-state index is -0.430. The molecule has 0 saturated heterocycles. The summed E-state index contributed by atoms with van der Waals surface area (Å²) in [6.45, 7) is 4.64. The van der Waals surface area contributed by atoms with Crippen LogP contribution < -0.4 is 10.1 Å². The highest BCUT2D eigenvalue weighted by Gasteiger charge is 2.60. The Labute approximate surface area is 143 Å². The van der Waals surface area contributed by atoms with E-state index >= 15 is 0 Å². The maximum atomic E-state index is 13.6. The van der Waals surface area contributed by atoms with Crippen LogP contribution in [0.4, 0.5) is 4.39 Å². The molecule has 4 saturated carbocycles. The molecule has 3 nitrogen and oxygen atoms in total. The van der Waals surface area contributed by atoms with E-state index in [4.69, 9.17) is 4.74 Å². The highest BCUT2D eigenvalue weighted by molar-refractivity contribution is 5.78. The van der Waals surface area contributed by atoms with Crippen LogP contribution in [0.1, 0.15) is 52.4 Å². The molecular formula is C20H26FNO2. The smallest absolute Gasteiger partial charge is 0.258 e. The molecular weight excluding hydrogens is 305 g/mol. The lowest BCUT2D eigenvalue weighted by Crippen LogP contribution is -2.65. The predicted octanol–water partition coefficient (Wildman–Crippen LogP) is 4.07. The summed E-state index contributed by atoms with van der Waals surface area (Å²) in [7, 11) is 0. The minimum absolute atomic E-state index is 0.0847. The van der Waals surface area contributed by atoms with E-state index in [1.807, 2.05) is 0 Å². The molecule has 4 aliphatic carbocycles. The van der Waals surface area contributed by atoms with Crippen molar-refractivity contribution in [1.29, 1.82) is 0 Å². The Hall–Kier alpha value is -1.58. The molecule has 4 fully saturated rings. The zero-order valence-electron chi connectivity index (χ0n) is 14.5. The molecule has 0 aliphatic heterocycles. The average molecular weight is 331 g/mol. The van der Waals surface area contributed by atoms with E-state index in [1.54, 1.807) is 18.2 Å². The number of hydrogen-bond donors (Lipinski definition) is 1. The first-order valence-corrected chi connectivity index (χ1v) is 8.97. The molecule has 0 spiro atoms. The van der Waals surface area contributed by atoms with Crippen LogP contribution in [0.5, 0.6) is 5.75 Å². The number of halogens is 1. The van der Waals surface area contributed by atoms with Gasteiger partial charge in [-0.3, -0.25) is 4.79 Å². The van der Waals surface area contributed by atoms with Crippen LogP contribution in [-0.4, -0.2) is 18.1 Å². The summed E-state index contributed by atoms with van der Waals surface area (Å²) >= 11 is 0. The summed E-state index contributed by atoms with van der Waals surface area (Å²) in [5.41, 5.74) is 0.625. The molecule has 0 unspecified atom stereocenters. The fourth-order valence-corrected chi connectivity index (χ4v) is 6.62. The van der Waals surface area contributed by atoms with E-state index in [1.165, 1.54) is 25.3 Å². The summed E-state index contributed by atoms with van der Waals surface area (Å²) in [5.74, 6) is 0.300. The normalized spacial score (nSPS) is 39.7. The van der Waals surface area contributed by atoms with Crippen LogP contribution in [0.2, 0.25) is 0 Å². The van der Waals surface area contributed by atoms with Gasteiger partial charge in [0.2, 0.25) is 0 Å². The topological polar surface area (TPSA) is 38.3 Å². The van der Waals surface area contributed by atoms with Gasteiger partial charge in [0.1, 0.15) is 0 Å². The lowest BCUT2D eigenvalue weighted by atomic mass is 9.43. The quantitative estimate of drug-likeness (QED) is 0.903. The van der Waals surface area contributed by atoms with Crippen molar-refractivity contribution in [2.45, 2.75) is 57.9 Å². The molecule has 4 aliphatic rings. The van der Waals surface area contributed by atoms with Gasteiger partial charge in [-0.05, 0) is 67.4 Å². The van der Waals surface area contributed by atoms with Gasteiger partial charge in [0.25, 0.3) is 5.91 Å². The van der Waals surface area contributed by atoms with Crippen LogP contribution in [0.3, 0.4) is 0 Å². The Bertz CT molecular complexity index is 655. The molecule has 1 aromatic rings. The Morgan fingerprint density at radius 2 is 1.83 bits per heavy atom. The molecule has 5 rings (SSSR count). The fraction of sp³-hybridized carbons (Fsp3) is 0.650. The molecule has 4 bridgehead atoms. The first-order chi connectivity index (χ1) is 11.3. The van der Waals surface area contributed by atoms with Crippen LogP contribution in [0, 0.1) is 22.6 Å². The Morgan fingerprint density at radius 3 is 2.46 bits per heavy atom. The largest absolute Gasteiger partial charge is 0.481 e. The molecule has 2 atom stereocenters. The first-order valence-electron chi connectivity index (χ1n) is 8.97. The number of rotatable bonds is 4. The first kappa shape index (κ1) is 15.9. The number of amides is 1. The summed E-state index contributed by atoms with van der Waals surface area (Å²) in [5, 5.41) is 3.28. The molecule has 0 heterocycles. The second-order valence-corrected chi connectivity index (χ2v) is 9.18. The molecule has 0 radical (unpaired) electrons. The van der Waals surface area contributed by atoms with Gasteiger partial charge in [0.05, 0.1) is 0 Å². The van der Waals surface area contributed by atoms with Gasteiger partial charge < -0.3 is 10.1 Å². The van der Waals surface area contributed by atoms with Crippen molar-refractivity contribution in [3.05, 3.63) is 30.1 Å². The lowest BCUT2D eigenvalue weighted by Gasteiger charge is -2.65. The van der Waals surface area contributed by atoms with Gasteiger partial charge in [-0.15, -0.1) is 0 Å². The van der Waals surface area contributed by atoms with Crippen molar-refractivity contribution >= 4 is 5.91 Å².